The van der Waals surface area contributed by atoms with Crippen LogP contribution in [0.15, 0.2) is 24.3 Å². The molecule has 2 amide bonds. The van der Waals surface area contributed by atoms with Gasteiger partial charge in [0.2, 0.25) is 11.8 Å². The summed E-state index contributed by atoms with van der Waals surface area (Å²) in [4.78, 5) is 25.8. The van der Waals surface area contributed by atoms with Gasteiger partial charge in [0.1, 0.15) is 0 Å². The number of hydrogen-bond donors (Lipinski definition) is 2. The van der Waals surface area contributed by atoms with Gasteiger partial charge in [0.05, 0.1) is 12.5 Å². The Morgan fingerprint density at radius 3 is 2.67 bits per heavy atom. The van der Waals surface area contributed by atoms with Crippen LogP contribution >= 0.6 is 0 Å². The number of hydrogen-bond acceptors (Lipinski definition) is 3. The summed E-state index contributed by atoms with van der Waals surface area (Å²) in [6.07, 6.45) is 0.640. The molecule has 0 saturated carbocycles. The van der Waals surface area contributed by atoms with E-state index in [9.17, 15) is 9.59 Å². The number of carbonyl (C=O) groups is 2. The number of benzene rings is 1. The highest BCUT2D eigenvalue weighted by molar-refractivity contribution is 5.87. The predicted octanol–water partition coefficient (Wildman–Crippen LogP) is 1.38. The molecule has 1 aliphatic heterocycles. The molecule has 1 heterocycles. The van der Waals surface area contributed by atoms with Crippen LogP contribution in [0.25, 0.3) is 0 Å². The molecule has 2 atom stereocenters. The van der Waals surface area contributed by atoms with Crippen molar-refractivity contribution in [1.29, 1.82) is 0 Å². The Hall–Kier alpha value is -2.04. The van der Waals surface area contributed by atoms with Gasteiger partial charge >= 0.3 is 0 Å². The Balaban J connectivity index is 2.28. The molecule has 2 rings (SSSR count). The molecular weight excluding hydrogens is 266 g/mol. The Morgan fingerprint density at radius 1 is 1.38 bits per heavy atom. The molecule has 1 aromatic carbocycles. The van der Waals surface area contributed by atoms with Crippen LogP contribution in [0.4, 0.5) is 5.69 Å². The largest absolute Gasteiger partial charge is 0.369 e. The minimum absolute atomic E-state index is 0.0100. The van der Waals surface area contributed by atoms with Crippen molar-refractivity contribution in [3.05, 3.63) is 29.8 Å². The summed E-state index contributed by atoms with van der Waals surface area (Å²) in [6, 6.07) is 7.90. The first-order valence-corrected chi connectivity index (χ1v) is 7.34. The second-order valence-electron chi connectivity index (χ2n) is 5.95. The molecule has 114 valence electrons. The molecular formula is C16H23N3O2. The highest BCUT2D eigenvalue weighted by Gasteiger charge is 2.33. The van der Waals surface area contributed by atoms with E-state index < -0.39 is 0 Å². The van der Waals surface area contributed by atoms with E-state index in [0.717, 1.165) is 11.3 Å². The fraction of sp³-hybridized carbons (Fsp3) is 0.500. The third-order valence-corrected chi connectivity index (χ3v) is 3.84. The van der Waals surface area contributed by atoms with Gasteiger partial charge in [-0.3, -0.25) is 9.59 Å². The third kappa shape index (κ3) is 3.35. The number of para-hydroxylation sites is 1. The van der Waals surface area contributed by atoms with Crippen molar-refractivity contribution >= 4 is 17.5 Å². The van der Waals surface area contributed by atoms with Gasteiger partial charge in [-0.15, -0.1) is 0 Å². The smallest absolute Gasteiger partial charge is 0.239 e. The Morgan fingerprint density at radius 2 is 2.05 bits per heavy atom. The van der Waals surface area contributed by atoms with Gasteiger partial charge < -0.3 is 16.0 Å². The second-order valence-corrected chi connectivity index (χ2v) is 5.95. The molecule has 0 aromatic heterocycles. The number of nitrogens with two attached hydrogens (primary N) is 1. The van der Waals surface area contributed by atoms with Gasteiger partial charge in [-0.25, -0.2) is 0 Å². The minimum Gasteiger partial charge on any atom is -0.369 e. The normalized spacial score (nSPS) is 21.0. The van der Waals surface area contributed by atoms with E-state index >= 15 is 0 Å². The van der Waals surface area contributed by atoms with Crippen LogP contribution in [-0.4, -0.2) is 30.4 Å². The molecule has 0 aliphatic carbocycles. The fourth-order valence-corrected chi connectivity index (χ4v) is 2.91. The molecule has 0 unspecified atom stereocenters. The summed E-state index contributed by atoms with van der Waals surface area (Å²) in [6.45, 7) is 6.19. The number of amides is 2. The lowest BCUT2D eigenvalue weighted by atomic mass is 9.85. The molecule has 5 nitrogen and oxygen atoms in total. The average molecular weight is 289 g/mol. The molecule has 0 bridgehead atoms. The summed E-state index contributed by atoms with van der Waals surface area (Å²) < 4.78 is 0. The van der Waals surface area contributed by atoms with Crippen molar-refractivity contribution < 1.29 is 9.59 Å². The van der Waals surface area contributed by atoms with Crippen molar-refractivity contribution in [3.8, 4) is 0 Å². The number of fused-ring (bicyclic) bond motifs is 1. The van der Waals surface area contributed by atoms with Crippen LogP contribution in [0.1, 0.15) is 38.7 Å². The molecule has 3 N–H and O–H groups in total. The Labute approximate surface area is 125 Å². The van der Waals surface area contributed by atoms with Crippen molar-refractivity contribution in [1.82, 2.24) is 5.32 Å². The van der Waals surface area contributed by atoms with Crippen LogP contribution in [0.2, 0.25) is 0 Å². The lowest BCUT2D eigenvalue weighted by molar-refractivity contribution is -0.120. The van der Waals surface area contributed by atoms with E-state index in [1.807, 2.05) is 49.9 Å². The van der Waals surface area contributed by atoms with Crippen LogP contribution in [-0.2, 0) is 9.59 Å². The van der Waals surface area contributed by atoms with Crippen LogP contribution < -0.4 is 16.0 Å². The van der Waals surface area contributed by atoms with Gasteiger partial charge in [0.25, 0.3) is 0 Å². The Bertz CT molecular complexity index is 542. The van der Waals surface area contributed by atoms with Gasteiger partial charge in [0, 0.05) is 17.8 Å². The highest BCUT2D eigenvalue weighted by atomic mass is 16.2. The van der Waals surface area contributed by atoms with Gasteiger partial charge in [0.15, 0.2) is 0 Å². The molecule has 0 spiro atoms. The maximum absolute atomic E-state index is 12.0. The zero-order valence-corrected chi connectivity index (χ0v) is 12.8. The maximum Gasteiger partial charge on any atom is 0.239 e. The number of rotatable bonds is 4. The minimum atomic E-state index is -0.305. The molecule has 0 saturated heterocycles. The lowest BCUT2D eigenvalue weighted by Gasteiger charge is -2.39. The maximum atomic E-state index is 12.0. The summed E-state index contributed by atoms with van der Waals surface area (Å²) in [7, 11) is 0. The first kappa shape index (κ1) is 15.4. The molecule has 1 aliphatic rings. The van der Waals surface area contributed by atoms with Gasteiger partial charge in [-0.2, -0.15) is 0 Å². The monoisotopic (exact) mass is 289 g/mol. The Kier molecular flexibility index (Phi) is 4.50. The standard InChI is InChI=1S/C16H23N3O2/c1-10(2)18-15(20)9-19-11(3)8-13(16(17)21)12-6-4-5-7-14(12)19/h4-7,10-11,13H,8-9H2,1-3H3,(H2,17,21)(H,18,20)/t11-,13+/m1/s1. The summed E-state index contributed by atoms with van der Waals surface area (Å²) in [5.74, 6) is -0.592. The number of nitrogens with one attached hydrogen (secondary N) is 1. The average Bonchev–Trinajstić information content (AvgIpc) is 2.40. The van der Waals surface area contributed by atoms with Gasteiger partial charge in [-0.05, 0) is 38.8 Å². The first-order chi connectivity index (χ1) is 9.90. The van der Waals surface area contributed by atoms with E-state index in [1.165, 1.54) is 0 Å². The number of nitrogens with zero attached hydrogens (tertiary/aromatic N) is 1. The number of anilines is 1. The van der Waals surface area contributed by atoms with E-state index in [0.29, 0.717) is 13.0 Å². The SMILES string of the molecule is CC(C)NC(=O)CN1c2ccccc2[C@@H](C(N)=O)C[C@H]1C. The fourth-order valence-electron chi connectivity index (χ4n) is 2.91. The number of primary amides is 1. The molecule has 0 radical (unpaired) electrons. The summed E-state index contributed by atoms with van der Waals surface area (Å²) >= 11 is 0. The zero-order chi connectivity index (χ0) is 15.6. The van der Waals surface area contributed by atoms with E-state index in [-0.39, 0.29) is 29.8 Å². The zero-order valence-electron chi connectivity index (χ0n) is 12.8. The predicted molar refractivity (Wildman–Crippen MR) is 83.1 cm³/mol. The first-order valence-electron chi connectivity index (χ1n) is 7.34. The van der Waals surface area contributed by atoms with Crippen molar-refractivity contribution in [2.24, 2.45) is 5.73 Å². The van der Waals surface area contributed by atoms with E-state index in [4.69, 9.17) is 5.73 Å². The topological polar surface area (TPSA) is 75.4 Å². The van der Waals surface area contributed by atoms with Gasteiger partial charge in [-0.1, -0.05) is 18.2 Å². The number of carbonyl (C=O) groups excluding carboxylic acids is 2. The van der Waals surface area contributed by atoms with Crippen LogP contribution in [0.5, 0.6) is 0 Å². The molecule has 21 heavy (non-hydrogen) atoms. The highest BCUT2D eigenvalue weighted by Crippen LogP contribution is 2.37. The molecule has 5 heteroatoms. The summed E-state index contributed by atoms with van der Waals surface area (Å²) in [5, 5.41) is 2.90. The van der Waals surface area contributed by atoms with Crippen LogP contribution in [0.3, 0.4) is 0 Å². The third-order valence-electron chi connectivity index (χ3n) is 3.84. The molecule has 0 fully saturated rings. The lowest BCUT2D eigenvalue weighted by Crippen LogP contribution is -2.47. The quantitative estimate of drug-likeness (QED) is 0.879. The summed E-state index contributed by atoms with van der Waals surface area (Å²) in [5.41, 5.74) is 7.37. The van der Waals surface area contributed by atoms with Crippen molar-refractivity contribution in [2.45, 2.75) is 45.2 Å². The van der Waals surface area contributed by atoms with Crippen molar-refractivity contribution in [3.63, 3.8) is 0 Å². The van der Waals surface area contributed by atoms with E-state index in [1.54, 1.807) is 0 Å². The molecule has 1 aromatic rings. The van der Waals surface area contributed by atoms with Crippen LogP contribution in [0, 0.1) is 0 Å². The van der Waals surface area contributed by atoms with E-state index in [2.05, 4.69) is 5.32 Å². The van der Waals surface area contributed by atoms with Crippen molar-refractivity contribution in [2.75, 3.05) is 11.4 Å². The second kappa shape index (κ2) is 6.16.